The van der Waals surface area contributed by atoms with Gasteiger partial charge in [0.1, 0.15) is 4.90 Å². The molecule has 0 amide bonds. The summed E-state index contributed by atoms with van der Waals surface area (Å²) in [7, 11) is -3.91. The highest BCUT2D eigenvalue weighted by Gasteiger charge is 2.34. The third kappa shape index (κ3) is 3.44. The number of hydrogen-bond acceptors (Lipinski definition) is 3. The lowest BCUT2D eigenvalue weighted by Gasteiger charge is -2.25. The second kappa shape index (κ2) is 5.70. The SMILES string of the molecule is O=S1(=O)NC(=NC2CCCCC2)Nc2cc(C(F)(F)F)ccc21. The van der Waals surface area contributed by atoms with Gasteiger partial charge in [-0.15, -0.1) is 0 Å². The minimum absolute atomic E-state index is 0.0104. The van der Waals surface area contributed by atoms with E-state index in [4.69, 9.17) is 0 Å². The number of benzene rings is 1. The van der Waals surface area contributed by atoms with Crippen molar-refractivity contribution in [1.29, 1.82) is 0 Å². The topological polar surface area (TPSA) is 70.6 Å². The molecule has 1 aromatic carbocycles. The number of nitrogens with zero attached hydrogens (tertiary/aromatic N) is 1. The molecular formula is C14H16F3N3O2S. The van der Waals surface area contributed by atoms with Gasteiger partial charge in [-0.2, -0.15) is 13.2 Å². The van der Waals surface area contributed by atoms with Crippen LogP contribution in [-0.4, -0.2) is 20.4 Å². The summed E-state index contributed by atoms with van der Waals surface area (Å²) in [6.45, 7) is 0. The van der Waals surface area contributed by atoms with Gasteiger partial charge in [0.15, 0.2) is 0 Å². The molecule has 0 saturated heterocycles. The first kappa shape index (κ1) is 16.1. The summed E-state index contributed by atoms with van der Waals surface area (Å²) >= 11 is 0. The van der Waals surface area contributed by atoms with Gasteiger partial charge in [-0.1, -0.05) is 19.3 Å². The lowest BCUT2D eigenvalue weighted by atomic mass is 9.96. The molecule has 5 nitrogen and oxygen atoms in total. The van der Waals surface area contributed by atoms with Crippen LogP contribution in [0.1, 0.15) is 37.7 Å². The molecule has 0 unspecified atom stereocenters. The van der Waals surface area contributed by atoms with E-state index in [-0.39, 0.29) is 22.6 Å². The maximum atomic E-state index is 12.8. The molecule has 2 aliphatic rings. The van der Waals surface area contributed by atoms with E-state index < -0.39 is 21.8 Å². The summed E-state index contributed by atoms with van der Waals surface area (Å²) in [5.74, 6) is -0.0104. The number of nitrogens with one attached hydrogen (secondary N) is 2. The van der Waals surface area contributed by atoms with Crippen molar-refractivity contribution in [3.8, 4) is 0 Å². The van der Waals surface area contributed by atoms with Crippen molar-refractivity contribution in [3.63, 3.8) is 0 Å². The summed E-state index contributed by atoms with van der Waals surface area (Å²) in [6, 6.07) is 2.49. The minimum Gasteiger partial charge on any atom is -0.324 e. The summed E-state index contributed by atoms with van der Waals surface area (Å²) in [5, 5.41) is 2.67. The molecule has 0 radical (unpaired) electrons. The molecule has 1 heterocycles. The van der Waals surface area contributed by atoms with Gasteiger partial charge in [0, 0.05) is 0 Å². The summed E-state index contributed by atoms with van der Waals surface area (Å²) in [6.07, 6.45) is 0.320. The molecular weight excluding hydrogens is 331 g/mol. The second-order valence-corrected chi connectivity index (χ2v) is 7.36. The van der Waals surface area contributed by atoms with E-state index in [1.54, 1.807) is 0 Å². The van der Waals surface area contributed by atoms with Gasteiger partial charge in [0.05, 0.1) is 17.3 Å². The number of sulfonamides is 1. The van der Waals surface area contributed by atoms with Crippen molar-refractivity contribution in [2.75, 3.05) is 5.32 Å². The first-order chi connectivity index (χ1) is 10.8. The van der Waals surface area contributed by atoms with Crippen molar-refractivity contribution in [1.82, 2.24) is 4.72 Å². The molecule has 9 heteroatoms. The fourth-order valence-corrected chi connectivity index (χ4v) is 3.94. The molecule has 1 saturated carbocycles. The number of fused-ring (bicyclic) bond motifs is 1. The van der Waals surface area contributed by atoms with Crippen molar-refractivity contribution in [2.45, 2.75) is 49.2 Å². The Labute approximate surface area is 132 Å². The van der Waals surface area contributed by atoms with E-state index in [2.05, 4.69) is 15.0 Å². The molecule has 1 fully saturated rings. The molecule has 0 spiro atoms. The Morgan fingerprint density at radius 2 is 1.83 bits per heavy atom. The van der Waals surface area contributed by atoms with Crippen molar-refractivity contribution in [3.05, 3.63) is 23.8 Å². The third-order valence-corrected chi connectivity index (χ3v) is 5.36. The highest BCUT2D eigenvalue weighted by atomic mass is 32.2. The predicted molar refractivity (Wildman–Crippen MR) is 79.7 cm³/mol. The normalized spacial score (nSPS) is 23.0. The van der Waals surface area contributed by atoms with Crippen LogP contribution in [-0.2, 0) is 16.2 Å². The molecule has 2 N–H and O–H groups in total. The van der Waals surface area contributed by atoms with Crippen LogP contribution < -0.4 is 10.0 Å². The van der Waals surface area contributed by atoms with Gasteiger partial charge in [-0.3, -0.25) is 0 Å². The van der Waals surface area contributed by atoms with Gasteiger partial charge < -0.3 is 5.32 Å². The molecule has 23 heavy (non-hydrogen) atoms. The molecule has 1 aliphatic heterocycles. The Morgan fingerprint density at radius 1 is 1.13 bits per heavy atom. The van der Waals surface area contributed by atoms with Crippen LogP contribution in [0.4, 0.5) is 18.9 Å². The quantitative estimate of drug-likeness (QED) is 0.820. The van der Waals surface area contributed by atoms with E-state index in [9.17, 15) is 21.6 Å². The number of rotatable bonds is 1. The van der Waals surface area contributed by atoms with Crippen LogP contribution >= 0.6 is 0 Å². The molecule has 126 valence electrons. The Kier molecular flexibility index (Phi) is 3.99. The van der Waals surface area contributed by atoms with E-state index in [1.807, 2.05) is 0 Å². The molecule has 1 aromatic rings. The van der Waals surface area contributed by atoms with E-state index in [0.717, 1.165) is 50.3 Å². The van der Waals surface area contributed by atoms with Crippen LogP contribution in [0.15, 0.2) is 28.1 Å². The molecule has 0 bridgehead atoms. The van der Waals surface area contributed by atoms with Crippen molar-refractivity contribution < 1.29 is 21.6 Å². The number of halogens is 3. The summed E-state index contributed by atoms with van der Waals surface area (Å²) < 4.78 is 65.0. The smallest absolute Gasteiger partial charge is 0.324 e. The molecule has 1 aliphatic carbocycles. The highest BCUT2D eigenvalue weighted by molar-refractivity contribution is 7.90. The lowest BCUT2D eigenvalue weighted by Crippen LogP contribution is -2.41. The second-order valence-electron chi connectivity index (χ2n) is 5.71. The zero-order valence-electron chi connectivity index (χ0n) is 12.2. The van der Waals surface area contributed by atoms with Crippen LogP contribution in [0, 0.1) is 0 Å². The number of alkyl halides is 3. The zero-order chi connectivity index (χ0) is 16.7. The van der Waals surface area contributed by atoms with E-state index in [1.165, 1.54) is 0 Å². The first-order valence-electron chi connectivity index (χ1n) is 7.34. The van der Waals surface area contributed by atoms with Crippen molar-refractivity contribution in [2.24, 2.45) is 4.99 Å². The number of anilines is 1. The van der Waals surface area contributed by atoms with Gasteiger partial charge in [0.25, 0.3) is 10.0 Å². The van der Waals surface area contributed by atoms with Gasteiger partial charge in [-0.05, 0) is 31.0 Å². The molecule has 0 atom stereocenters. The zero-order valence-corrected chi connectivity index (χ0v) is 13.0. The van der Waals surface area contributed by atoms with Crippen LogP contribution in [0.3, 0.4) is 0 Å². The highest BCUT2D eigenvalue weighted by Crippen LogP contribution is 2.34. The fourth-order valence-electron chi connectivity index (χ4n) is 2.82. The van der Waals surface area contributed by atoms with Crippen LogP contribution in [0.25, 0.3) is 0 Å². The summed E-state index contributed by atoms with van der Waals surface area (Å²) in [5.41, 5.74) is -1.01. The van der Waals surface area contributed by atoms with Crippen molar-refractivity contribution >= 4 is 21.7 Å². The third-order valence-electron chi connectivity index (χ3n) is 3.97. The Bertz CT molecular complexity index is 738. The largest absolute Gasteiger partial charge is 0.416 e. The lowest BCUT2D eigenvalue weighted by molar-refractivity contribution is -0.137. The first-order valence-corrected chi connectivity index (χ1v) is 8.83. The fraction of sp³-hybridized carbons (Fsp3) is 0.500. The van der Waals surface area contributed by atoms with Gasteiger partial charge in [-0.25, -0.2) is 18.1 Å². The summed E-state index contributed by atoms with van der Waals surface area (Å²) in [4.78, 5) is 4.10. The van der Waals surface area contributed by atoms with Gasteiger partial charge in [0.2, 0.25) is 5.96 Å². The number of hydrogen-bond donors (Lipinski definition) is 2. The standard InChI is InChI=1S/C14H16F3N3O2S/c15-14(16,17)9-6-7-12-11(8-9)19-13(20-23(12,21)22)18-10-4-2-1-3-5-10/h6-8,10H,1-5H2,(H2,18,19,20). The average molecular weight is 347 g/mol. The Balaban J connectivity index is 1.95. The van der Waals surface area contributed by atoms with E-state index >= 15 is 0 Å². The monoisotopic (exact) mass is 347 g/mol. The van der Waals surface area contributed by atoms with Crippen LogP contribution in [0.2, 0.25) is 0 Å². The molecule has 0 aromatic heterocycles. The Hall–Kier alpha value is -1.77. The molecule has 3 rings (SSSR count). The maximum absolute atomic E-state index is 12.8. The average Bonchev–Trinajstić information content (AvgIpc) is 2.46. The number of guanidine groups is 1. The Morgan fingerprint density at radius 3 is 2.48 bits per heavy atom. The maximum Gasteiger partial charge on any atom is 0.416 e. The van der Waals surface area contributed by atoms with E-state index in [0.29, 0.717) is 0 Å². The predicted octanol–water partition coefficient (Wildman–Crippen LogP) is 3.10. The van der Waals surface area contributed by atoms with Crippen LogP contribution in [0.5, 0.6) is 0 Å². The minimum atomic E-state index is -4.54. The number of aliphatic imine (C=N–C) groups is 1. The van der Waals surface area contributed by atoms with Gasteiger partial charge >= 0.3 is 6.18 Å².